The molecule has 8 nitrogen and oxygen atoms in total. The van der Waals surface area contributed by atoms with Crippen LogP contribution in [0.15, 0.2) is 95.1 Å². The van der Waals surface area contributed by atoms with Crippen LogP contribution in [0.3, 0.4) is 0 Å². The number of nitrogens with one attached hydrogen (secondary N) is 1. The van der Waals surface area contributed by atoms with Crippen LogP contribution in [-0.4, -0.2) is 27.9 Å². The third kappa shape index (κ3) is 6.19. The highest BCUT2D eigenvalue weighted by Crippen LogP contribution is 2.35. The minimum Gasteiger partial charge on any atom is -0.275 e. The molecule has 0 unspecified atom stereocenters. The van der Waals surface area contributed by atoms with Crippen LogP contribution in [0.1, 0.15) is 41.5 Å². The van der Waals surface area contributed by atoms with Crippen LogP contribution in [0.2, 0.25) is 5.02 Å². The van der Waals surface area contributed by atoms with Crippen molar-refractivity contribution in [1.29, 1.82) is 0 Å². The highest BCUT2D eigenvalue weighted by Gasteiger charge is 2.25. The Balaban J connectivity index is 1.39. The smallest absolute Gasteiger partial charge is 0.275 e. The van der Waals surface area contributed by atoms with E-state index in [1.807, 2.05) is 30.3 Å². The largest absolute Gasteiger partial charge is 0.351 e. The zero-order valence-corrected chi connectivity index (χ0v) is 24.5. The molecule has 0 radical (unpaired) electrons. The van der Waals surface area contributed by atoms with E-state index in [0.29, 0.717) is 40.1 Å². The van der Waals surface area contributed by atoms with E-state index in [9.17, 15) is 18.0 Å². The fourth-order valence-electron chi connectivity index (χ4n) is 4.37. The molecular formula is C30H27ClN4O4S2. The average molecular weight is 607 g/mol. The SMILES string of the molecule is CCCCc1nn(-c2ccccc2Cl)c(=O)n1Cc1ccc(-c2sccc2NS(=O)(=O)C(=O)c2ccccc2)cc1. The maximum absolute atomic E-state index is 13.4. The third-order valence-electron chi connectivity index (χ3n) is 6.49. The maximum atomic E-state index is 13.4. The number of halogens is 1. The minimum atomic E-state index is -4.30. The summed E-state index contributed by atoms with van der Waals surface area (Å²) < 4.78 is 31.0. The van der Waals surface area contributed by atoms with Crippen molar-refractivity contribution in [2.75, 3.05) is 4.72 Å². The Morgan fingerprint density at radius 2 is 1.68 bits per heavy atom. The van der Waals surface area contributed by atoms with Crippen LogP contribution in [0.25, 0.3) is 16.1 Å². The number of anilines is 1. The number of hydrogen-bond acceptors (Lipinski definition) is 6. The molecule has 1 N–H and O–H groups in total. The van der Waals surface area contributed by atoms with Crippen LogP contribution in [0.5, 0.6) is 0 Å². The molecule has 5 rings (SSSR count). The zero-order chi connectivity index (χ0) is 29.0. The predicted octanol–water partition coefficient (Wildman–Crippen LogP) is 6.39. The Hall–Kier alpha value is -3.99. The first-order valence-electron chi connectivity index (χ1n) is 13.0. The average Bonchev–Trinajstić information content (AvgIpc) is 3.56. The topological polar surface area (TPSA) is 103 Å². The van der Waals surface area contributed by atoms with Gasteiger partial charge < -0.3 is 0 Å². The standard InChI is InChI=1S/C30H27ClN4O4S2/c1-2-3-13-27-32-35(26-12-8-7-11-24(26)31)30(37)34(27)20-21-14-16-22(17-15-21)28-25(18-19-40-28)33-41(38,39)29(36)23-9-5-4-6-10-23/h4-12,14-19,33H,2-3,13,20H2,1H3. The molecule has 0 amide bonds. The molecule has 0 aliphatic rings. The second-order valence-corrected chi connectivity index (χ2v) is 12.3. The van der Waals surface area contributed by atoms with Crippen molar-refractivity contribution >= 4 is 43.8 Å². The van der Waals surface area contributed by atoms with Gasteiger partial charge in [-0.05, 0) is 41.1 Å². The lowest BCUT2D eigenvalue weighted by Crippen LogP contribution is -2.25. The summed E-state index contributed by atoms with van der Waals surface area (Å²) in [7, 11) is -4.30. The normalized spacial score (nSPS) is 11.5. The molecule has 0 aliphatic heterocycles. The lowest BCUT2D eigenvalue weighted by atomic mass is 10.1. The van der Waals surface area contributed by atoms with E-state index < -0.39 is 15.1 Å². The first kappa shape index (κ1) is 28.5. The van der Waals surface area contributed by atoms with Gasteiger partial charge in [0.2, 0.25) is 0 Å². The number of para-hydroxylation sites is 1. The molecule has 0 aliphatic carbocycles. The first-order valence-corrected chi connectivity index (χ1v) is 15.7. The Morgan fingerprint density at radius 3 is 2.39 bits per heavy atom. The maximum Gasteiger partial charge on any atom is 0.351 e. The van der Waals surface area contributed by atoms with Crippen LogP contribution in [-0.2, 0) is 23.0 Å². The van der Waals surface area contributed by atoms with Gasteiger partial charge in [0.15, 0.2) is 0 Å². The van der Waals surface area contributed by atoms with Gasteiger partial charge in [-0.1, -0.05) is 91.7 Å². The van der Waals surface area contributed by atoms with Gasteiger partial charge in [-0.15, -0.1) is 16.4 Å². The Kier molecular flexibility index (Phi) is 8.53. The Bertz CT molecular complexity index is 1840. The molecule has 0 atom stereocenters. The fraction of sp³-hybridized carbons (Fsp3) is 0.167. The van der Waals surface area contributed by atoms with Gasteiger partial charge in [0.25, 0.3) is 5.12 Å². The monoisotopic (exact) mass is 606 g/mol. The molecule has 0 fully saturated rings. The Labute approximate surface area is 246 Å². The van der Waals surface area contributed by atoms with Gasteiger partial charge in [-0.25, -0.2) is 4.79 Å². The van der Waals surface area contributed by atoms with Crippen molar-refractivity contribution < 1.29 is 13.2 Å². The molecule has 0 spiro atoms. The van der Waals surface area contributed by atoms with E-state index in [1.54, 1.807) is 52.4 Å². The van der Waals surface area contributed by atoms with Crippen molar-refractivity contribution in [3.63, 3.8) is 0 Å². The van der Waals surface area contributed by atoms with Crippen LogP contribution in [0, 0.1) is 0 Å². The molecule has 0 saturated heterocycles. The Morgan fingerprint density at radius 1 is 0.976 bits per heavy atom. The number of benzene rings is 3. The van der Waals surface area contributed by atoms with Gasteiger partial charge in [-0.3, -0.25) is 14.1 Å². The zero-order valence-electron chi connectivity index (χ0n) is 22.2. The van der Waals surface area contributed by atoms with Gasteiger partial charge >= 0.3 is 15.7 Å². The summed E-state index contributed by atoms with van der Waals surface area (Å²) in [5.74, 6) is 0.680. The van der Waals surface area contributed by atoms with Crippen molar-refractivity contribution in [2.45, 2.75) is 32.7 Å². The fourth-order valence-corrected chi connectivity index (χ4v) is 6.51. The summed E-state index contributed by atoms with van der Waals surface area (Å²) >= 11 is 7.71. The van der Waals surface area contributed by atoms with Crippen LogP contribution in [0.4, 0.5) is 5.69 Å². The minimum absolute atomic E-state index is 0.0903. The third-order valence-corrected chi connectivity index (χ3v) is 8.99. The summed E-state index contributed by atoms with van der Waals surface area (Å²) in [6, 6.07) is 24.1. The summed E-state index contributed by atoms with van der Waals surface area (Å²) in [6.45, 7) is 2.40. The number of rotatable bonds is 10. The number of hydrogen-bond donors (Lipinski definition) is 1. The molecule has 3 aromatic carbocycles. The molecule has 2 aromatic heterocycles. The van der Waals surface area contributed by atoms with Gasteiger partial charge in [0.1, 0.15) is 5.82 Å². The molecule has 5 aromatic rings. The highest BCUT2D eigenvalue weighted by molar-refractivity contribution is 8.07. The number of sulfonamides is 1. The van der Waals surface area contributed by atoms with E-state index in [-0.39, 0.29) is 11.3 Å². The van der Waals surface area contributed by atoms with E-state index in [4.69, 9.17) is 11.6 Å². The lowest BCUT2D eigenvalue weighted by molar-refractivity contribution is 0.107. The van der Waals surface area contributed by atoms with Crippen molar-refractivity contribution in [3.05, 3.63) is 123 Å². The predicted molar refractivity (Wildman–Crippen MR) is 164 cm³/mol. The van der Waals surface area contributed by atoms with Crippen molar-refractivity contribution in [3.8, 4) is 16.1 Å². The number of thiophene rings is 1. The van der Waals surface area contributed by atoms with Crippen LogP contribution >= 0.6 is 22.9 Å². The van der Waals surface area contributed by atoms with E-state index >= 15 is 0 Å². The quantitative estimate of drug-likeness (QED) is 0.198. The molecule has 210 valence electrons. The molecule has 11 heteroatoms. The summed E-state index contributed by atoms with van der Waals surface area (Å²) in [6.07, 6.45) is 2.51. The molecular weight excluding hydrogens is 580 g/mol. The summed E-state index contributed by atoms with van der Waals surface area (Å²) in [4.78, 5) is 26.7. The second kappa shape index (κ2) is 12.3. The number of aryl methyl sites for hydroxylation is 1. The molecule has 0 bridgehead atoms. The van der Waals surface area contributed by atoms with Crippen molar-refractivity contribution in [2.24, 2.45) is 0 Å². The van der Waals surface area contributed by atoms with Crippen molar-refractivity contribution in [1.82, 2.24) is 14.3 Å². The van der Waals surface area contributed by atoms with Crippen LogP contribution < -0.4 is 10.4 Å². The lowest BCUT2D eigenvalue weighted by Gasteiger charge is -2.10. The number of unbranched alkanes of at least 4 members (excludes halogenated alkanes) is 1. The summed E-state index contributed by atoms with van der Waals surface area (Å²) in [5.41, 5.74) is 2.33. The highest BCUT2D eigenvalue weighted by atomic mass is 35.5. The number of nitrogens with zero attached hydrogens (tertiary/aromatic N) is 3. The number of carbonyl (C=O) groups excluding carboxylic acids is 1. The second-order valence-electron chi connectivity index (χ2n) is 9.37. The van der Waals surface area contributed by atoms with E-state index in [0.717, 1.165) is 24.0 Å². The summed E-state index contributed by atoms with van der Waals surface area (Å²) in [5, 5.41) is 5.82. The van der Waals surface area contributed by atoms with Gasteiger partial charge in [0, 0.05) is 12.0 Å². The molecule has 2 heterocycles. The molecule has 41 heavy (non-hydrogen) atoms. The molecule has 0 saturated carbocycles. The number of carbonyl (C=O) groups is 1. The number of aromatic nitrogens is 3. The van der Waals surface area contributed by atoms with E-state index in [2.05, 4.69) is 16.7 Å². The van der Waals surface area contributed by atoms with Gasteiger partial charge in [-0.2, -0.15) is 13.1 Å². The van der Waals surface area contributed by atoms with Gasteiger partial charge in [0.05, 0.1) is 27.8 Å². The first-order chi connectivity index (χ1) is 19.8. The van der Waals surface area contributed by atoms with E-state index in [1.165, 1.54) is 28.2 Å².